The van der Waals surface area contributed by atoms with Crippen molar-refractivity contribution in [1.82, 2.24) is 10.2 Å². The van der Waals surface area contributed by atoms with E-state index in [1.54, 1.807) is 0 Å². The summed E-state index contributed by atoms with van der Waals surface area (Å²) in [5, 5.41) is 2.94. The molecule has 0 aromatic rings. The first-order valence-corrected chi connectivity index (χ1v) is 9.58. The Bertz CT molecular complexity index is 454. The van der Waals surface area contributed by atoms with E-state index >= 15 is 0 Å². The molecule has 0 spiro atoms. The second-order valence-corrected chi connectivity index (χ2v) is 8.98. The number of halogens is 3. The Morgan fingerprint density at radius 1 is 1.08 bits per heavy atom. The summed E-state index contributed by atoms with van der Waals surface area (Å²) in [7, 11) is 0. The summed E-state index contributed by atoms with van der Waals surface area (Å²) in [5.41, 5.74) is -0.184. The van der Waals surface area contributed by atoms with Gasteiger partial charge in [-0.05, 0) is 51.4 Å². The van der Waals surface area contributed by atoms with Crippen molar-refractivity contribution in [2.24, 2.45) is 23.7 Å². The first-order valence-electron chi connectivity index (χ1n) is 9.58. The second kappa shape index (κ2) is 7.85. The number of hydrogen-bond donors (Lipinski definition) is 1. The van der Waals surface area contributed by atoms with E-state index < -0.39 is 18.0 Å². The molecule has 4 atom stereocenters. The molecule has 0 aromatic heterocycles. The largest absolute Gasteiger partial charge is 0.391 e. The third-order valence-corrected chi connectivity index (χ3v) is 5.93. The second-order valence-electron chi connectivity index (χ2n) is 8.98. The molecule has 2 aliphatic rings. The molecule has 1 heterocycles. The predicted molar refractivity (Wildman–Crippen MR) is 93.1 cm³/mol. The van der Waals surface area contributed by atoms with Crippen molar-refractivity contribution in [3.05, 3.63) is 0 Å². The average molecular weight is 362 g/mol. The molecular formula is C19H33F3N2O. The number of hydrogen-bond acceptors (Lipinski definition) is 2. The molecule has 146 valence electrons. The Morgan fingerprint density at radius 2 is 1.68 bits per heavy atom. The molecule has 1 saturated carbocycles. The molecule has 1 saturated heterocycles. The van der Waals surface area contributed by atoms with E-state index in [-0.39, 0.29) is 24.3 Å². The molecule has 2 rings (SSSR count). The van der Waals surface area contributed by atoms with E-state index in [2.05, 4.69) is 37.9 Å². The van der Waals surface area contributed by atoms with Gasteiger partial charge in [0.05, 0.1) is 5.92 Å². The van der Waals surface area contributed by atoms with Crippen LogP contribution >= 0.6 is 0 Å². The molecule has 1 N–H and O–H groups in total. The van der Waals surface area contributed by atoms with Gasteiger partial charge >= 0.3 is 6.18 Å². The molecule has 4 unspecified atom stereocenters. The van der Waals surface area contributed by atoms with Crippen molar-refractivity contribution in [1.29, 1.82) is 0 Å². The SMILES string of the molecule is CC1CC(C)CN(C(C)(C)CNC(=O)C2CCCC(C(F)(F)F)C2)C1. The highest BCUT2D eigenvalue weighted by Crippen LogP contribution is 2.40. The van der Waals surface area contributed by atoms with Gasteiger partial charge in [-0.1, -0.05) is 20.3 Å². The maximum atomic E-state index is 12.9. The van der Waals surface area contributed by atoms with Gasteiger partial charge < -0.3 is 5.32 Å². The van der Waals surface area contributed by atoms with Crippen molar-refractivity contribution in [3.63, 3.8) is 0 Å². The van der Waals surface area contributed by atoms with E-state index in [1.807, 2.05) is 0 Å². The fraction of sp³-hybridized carbons (Fsp3) is 0.947. The molecular weight excluding hydrogens is 329 g/mol. The van der Waals surface area contributed by atoms with Gasteiger partial charge in [0.15, 0.2) is 0 Å². The van der Waals surface area contributed by atoms with Crippen molar-refractivity contribution in [3.8, 4) is 0 Å². The molecule has 1 aliphatic heterocycles. The van der Waals surface area contributed by atoms with E-state index in [4.69, 9.17) is 0 Å². The number of nitrogens with zero attached hydrogens (tertiary/aromatic N) is 1. The molecule has 1 aliphatic carbocycles. The number of rotatable bonds is 4. The monoisotopic (exact) mass is 362 g/mol. The molecule has 0 aromatic carbocycles. The molecule has 3 nitrogen and oxygen atoms in total. The van der Waals surface area contributed by atoms with Gasteiger partial charge in [0.1, 0.15) is 0 Å². The zero-order valence-corrected chi connectivity index (χ0v) is 16.0. The van der Waals surface area contributed by atoms with Crippen molar-refractivity contribution >= 4 is 5.91 Å². The Morgan fingerprint density at radius 3 is 2.24 bits per heavy atom. The van der Waals surface area contributed by atoms with Crippen LogP contribution in [-0.4, -0.2) is 42.2 Å². The Kier molecular flexibility index (Phi) is 6.45. The van der Waals surface area contributed by atoms with Crippen LogP contribution in [0.25, 0.3) is 0 Å². The van der Waals surface area contributed by atoms with E-state index in [9.17, 15) is 18.0 Å². The number of piperidine rings is 1. The molecule has 25 heavy (non-hydrogen) atoms. The highest BCUT2D eigenvalue weighted by atomic mass is 19.4. The lowest BCUT2D eigenvalue weighted by atomic mass is 9.80. The summed E-state index contributed by atoms with van der Waals surface area (Å²) in [4.78, 5) is 14.8. The zero-order valence-electron chi connectivity index (χ0n) is 16.0. The molecule has 0 radical (unpaired) electrons. The maximum absolute atomic E-state index is 12.9. The van der Waals surface area contributed by atoms with Crippen LogP contribution in [0.2, 0.25) is 0 Å². The Labute approximate surface area is 149 Å². The quantitative estimate of drug-likeness (QED) is 0.812. The van der Waals surface area contributed by atoms with Gasteiger partial charge in [-0.2, -0.15) is 13.2 Å². The van der Waals surface area contributed by atoms with Gasteiger partial charge in [-0.3, -0.25) is 9.69 Å². The van der Waals surface area contributed by atoms with Crippen LogP contribution in [0, 0.1) is 23.7 Å². The highest BCUT2D eigenvalue weighted by molar-refractivity contribution is 5.78. The van der Waals surface area contributed by atoms with Gasteiger partial charge in [-0.15, -0.1) is 0 Å². The van der Waals surface area contributed by atoms with Crippen LogP contribution < -0.4 is 5.32 Å². The average Bonchev–Trinajstić information content (AvgIpc) is 2.51. The maximum Gasteiger partial charge on any atom is 0.391 e. The van der Waals surface area contributed by atoms with E-state index in [1.165, 1.54) is 6.42 Å². The van der Waals surface area contributed by atoms with Crippen LogP contribution in [0.4, 0.5) is 13.2 Å². The summed E-state index contributed by atoms with van der Waals surface area (Å²) in [6, 6.07) is 0. The van der Waals surface area contributed by atoms with Crippen LogP contribution in [-0.2, 0) is 4.79 Å². The lowest BCUT2D eigenvalue weighted by molar-refractivity contribution is -0.186. The van der Waals surface area contributed by atoms with Crippen molar-refractivity contribution in [2.75, 3.05) is 19.6 Å². The number of amides is 1. The summed E-state index contributed by atoms with van der Waals surface area (Å²) in [6.45, 7) is 11.2. The Hall–Kier alpha value is -0.780. The number of alkyl halides is 3. The molecule has 6 heteroatoms. The standard InChI is InChI=1S/C19H33F3N2O/c1-13-8-14(2)11-24(10-13)18(3,4)12-23-17(25)15-6-5-7-16(9-15)19(20,21)22/h13-16H,5-12H2,1-4H3,(H,23,25). The van der Waals surface area contributed by atoms with Gasteiger partial charge in [0.2, 0.25) is 5.91 Å². The minimum atomic E-state index is -4.18. The summed E-state index contributed by atoms with van der Waals surface area (Å²) >= 11 is 0. The van der Waals surface area contributed by atoms with Crippen LogP contribution in [0.5, 0.6) is 0 Å². The first kappa shape index (κ1) is 20.5. The number of nitrogens with one attached hydrogen (secondary N) is 1. The normalized spacial score (nSPS) is 32.4. The zero-order chi connectivity index (χ0) is 18.8. The third kappa shape index (κ3) is 5.60. The van der Waals surface area contributed by atoms with Crippen LogP contribution in [0.1, 0.15) is 59.8 Å². The van der Waals surface area contributed by atoms with Crippen LogP contribution in [0.3, 0.4) is 0 Å². The fourth-order valence-electron chi connectivity index (χ4n) is 4.44. The Balaban J connectivity index is 1.88. The number of likely N-dealkylation sites (tertiary alicyclic amines) is 1. The third-order valence-electron chi connectivity index (χ3n) is 5.93. The van der Waals surface area contributed by atoms with Gasteiger partial charge in [0.25, 0.3) is 0 Å². The molecule has 0 bridgehead atoms. The first-order chi connectivity index (χ1) is 11.5. The van der Waals surface area contributed by atoms with Crippen LogP contribution in [0.15, 0.2) is 0 Å². The van der Waals surface area contributed by atoms with Crippen molar-refractivity contribution < 1.29 is 18.0 Å². The number of carbonyl (C=O) groups is 1. The smallest absolute Gasteiger partial charge is 0.354 e. The number of carbonyl (C=O) groups excluding carboxylic acids is 1. The molecule has 1 amide bonds. The molecule has 2 fully saturated rings. The van der Waals surface area contributed by atoms with Gasteiger partial charge in [0, 0.05) is 31.1 Å². The lowest BCUT2D eigenvalue weighted by Crippen LogP contribution is -2.56. The topological polar surface area (TPSA) is 32.3 Å². The fourth-order valence-corrected chi connectivity index (χ4v) is 4.44. The minimum absolute atomic E-state index is 0.0620. The van der Waals surface area contributed by atoms with E-state index in [0.717, 1.165) is 13.1 Å². The van der Waals surface area contributed by atoms with E-state index in [0.29, 0.717) is 31.2 Å². The summed E-state index contributed by atoms with van der Waals surface area (Å²) in [6.07, 6.45) is -1.82. The highest BCUT2D eigenvalue weighted by Gasteiger charge is 2.43. The van der Waals surface area contributed by atoms with Gasteiger partial charge in [-0.25, -0.2) is 0 Å². The predicted octanol–water partition coefficient (Wildman–Crippen LogP) is 4.23. The summed E-state index contributed by atoms with van der Waals surface area (Å²) in [5.74, 6) is -0.779. The van der Waals surface area contributed by atoms with Crippen molar-refractivity contribution in [2.45, 2.75) is 71.5 Å². The summed E-state index contributed by atoms with van der Waals surface area (Å²) < 4.78 is 38.8. The minimum Gasteiger partial charge on any atom is -0.354 e. The lowest BCUT2D eigenvalue weighted by Gasteiger charge is -2.45.